The number of nitrogens with one attached hydrogen (secondary N) is 2. The molecule has 1 amide bonds. The Morgan fingerprint density at radius 2 is 1.81 bits per heavy atom. The third kappa shape index (κ3) is 6.81. The highest BCUT2D eigenvalue weighted by Gasteiger charge is 2.11. The zero-order chi connectivity index (χ0) is 19.6. The van der Waals surface area contributed by atoms with Gasteiger partial charge in [0.1, 0.15) is 0 Å². The van der Waals surface area contributed by atoms with Gasteiger partial charge in [-0.05, 0) is 31.5 Å². The maximum Gasteiger partial charge on any atom is 0.248 e. The average Bonchev–Trinajstić information content (AvgIpc) is 2.65. The second-order valence-corrected chi connectivity index (χ2v) is 6.56. The first kappa shape index (κ1) is 20.6. The number of ketones is 1. The first-order valence-electron chi connectivity index (χ1n) is 8.98. The molecule has 0 saturated heterocycles. The highest BCUT2D eigenvalue weighted by Crippen LogP contribution is 2.14. The van der Waals surface area contributed by atoms with E-state index in [1.165, 1.54) is 6.08 Å². The van der Waals surface area contributed by atoms with Crippen LogP contribution >= 0.6 is 0 Å². The van der Waals surface area contributed by atoms with E-state index in [9.17, 15) is 14.7 Å². The van der Waals surface area contributed by atoms with Crippen LogP contribution in [-0.4, -0.2) is 29.9 Å². The van der Waals surface area contributed by atoms with E-state index < -0.39 is 0 Å². The molecule has 0 fully saturated rings. The number of anilines is 1. The van der Waals surface area contributed by atoms with E-state index in [0.717, 1.165) is 11.1 Å². The molecule has 1 atom stereocenters. The summed E-state index contributed by atoms with van der Waals surface area (Å²) in [5, 5.41) is 15.5. The Kier molecular flexibility index (Phi) is 7.92. The number of carbonyl (C=O) groups excluding carboxylic acids is 2. The van der Waals surface area contributed by atoms with Crippen LogP contribution in [0.15, 0.2) is 66.2 Å². The molecular formula is C22H26N2O3. The molecule has 0 aliphatic heterocycles. The highest BCUT2D eigenvalue weighted by molar-refractivity contribution is 6.01. The van der Waals surface area contributed by atoms with Crippen LogP contribution in [0, 0.1) is 0 Å². The van der Waals surface area contributed by atoms with Crippen molar-refractivity contribution < 1.29 is 14.7 Å². The fourth-order valence-corrected chi connectivity index (χ4v) is 2.69. The third-order valence-electron chi connectivity index (χ3n) is 4.00. The Labute approximate surface area is 160 Å². The van der Waals surface area contributed by atoms with Crippen LogP contribution in [0.1, 0.15) is 42.2 Å². The molecule has 0 saturated carbocycles. The maximum atomic E-state index is 12.4. The molecule has 5 heteroatoms. The lowest BCUT2D eigenvalue weighted by Crippen LogP contribution is -2.26. The van der Waals surface area contributed by atoms with E-state index in [0.29, 0.717) is 24.2 Å². The van der Waals surface area contributed by atoms with Crippen LogP contribution in [0.3, 0.4) is 0 Å². The number of hydrogen-bond acceptors (Lipinski definition) is 4. The number of benzene rings is 2. The van der Waals surface area contributed by atoms with E-state index in [2.05, 4.69) is 10.6 Å². The van der Waals surface area contributed by atoms with Crippen molar-refractivity contribution in [3.63, 3.8) is 0 Å². The van der Waals surface area contributed by atoms with Crippen molar-refractivity contribution in [2.75, 3.05) is 18.5 Å². The van der Waals surface area contributed by atoms with Crippen molar-refractivity contribution in [1.82, 2.24) is 5.32 Å². The van der Waals surface area contributed by atoms with Gasteiger partial charge in [0.15, 0.2) is 5.78 Å². The summed E-state index contributed by atoms with van der Waals surface area (Å²) in [6, 6.07) is 16.4. The van der Waals surface area contributed by atoms with Crippen molar-refractivity contribution in [2.45, 2.75) is 26.3 Å². The van der Waals surface area contributed by atoms with Crippen molar-refractivity contribution in [3.8, 4) is 0 Å². The second kappa shape index (κ2) is 10.4. The minimum atomic E-state index is -0.213. The number of hydrogen-bond donors (Lipinski definition) is 3. The standard InChI is InChI=1S/C22H26N2O3/c1-16(2)13-22(27)24-19-10-6-9-18(14-19)21(26)11-12-23-20(15-25)17-7-4-3-5-8-17/h3-10,13-14,20,23,25H,11-12,15H2,1-2H3,(H,24,27). The molecular weight excluding hydrogens is 340 g/mol. The van der Waals surface area contributed by atoms with Gasteiger partial charge in [-0.25, -0.2) is 0 Å². The van der Waals surface area contributed by atoms with Crippen molar-refractivity contribution in [1.29, 1.82) is 0 Å². The Balaban J connectivity index is 1.91. The van der Waals surface area contributed by atoms with Crippen molar-refractivity contribution in [3.05, 3.63) is 77.4 Å². The van der Waals surface area contributed by atoms with Crippen LogP contribution < -0.4 is 10.6 Å². The predicted octanol–water partition coefficient (Wildman–Crippen LogP) is 3.49. The van der Waals surface area contributed by atoms with E-state index in [-0.39, 0.29) is 24.3 Å². The minimum absolute atomic E-state index is 0.0226. The number of aliphatic hydroxyl groups excluding tert-OH is 1. The quantitative estimate of drug-likeness (QED) is 0.469. The first-order valence-corrected chi connectivity index (χ1v) is 8.98. The van der Waals surface area contributed by atoms with Crippen LogP contribution in [0.5, 0.6) is 0 Å². The van der Waals surface area contributed by atoms with Crippen LogP contribution in [0.4, 0.5) is 5.69 Å². The smallest absolute Gasteiger partial charge is 0.248 e. The molecule has 0 aromatic heterocycles. The van der Waals surface area contributed by atoms with Gasteiger partial charge in [-0.1, -0.05) is 48.0 Å². The van der Waals surface area contributed by atoms with Gasteiger partial charge in [-0.2, -0.15) is 0 Å². The van der Waals surface area contributed by atoms with Crippen LogP contribution in [0.2, 0.25) is 0 Å². The lowest BCUT2D eigenvalue weighted by atomic mass is 10.1. The van der Waals surface area contributed by atoms with Crippen LogP contribution in [-0.2, 0) is 4.79 Å². The van der Waals surface area contributed by atoms with Gasteiger partial charge >= 0.3 is 0 Å². The van der Waals surface area contributed by atoms with Crippen molar-refractivity contribution >= 4 is 17.4 Å². The lowest BCUT2D eigenvalue weighted by Gasteiger charge is -2.16. The largest absolute Gasteiger partial charge is 0.394 e. The summed E-state index contributed by atoms with van der Waals surface area (Å²) in [7, 11) is 0. The normalized spacial score (nSPS) is 11.5. The molecule has 0 aliphatic rings. The molecule has 0 aliphatic carbocycles. The zero-order valence-corrected chi connectivity index (χ0v) is 15.7. The highest BCUT2D eigenvalue weighted by atomic mass is 16.3. The summed E-state index contributed by atoms with van der Waals surface area (Å²) >= 11 is 0. The van der Waals surface area contributed by atoms with Gasteiger partial charge in [0.2, 0.25) is 5.91 Å². The fourth-order valence-electron chi connectivity index (χ4n) is 2.69. The molecule has 2 aromatic carbocycles. The van der Waals surface area contributed by atoms with Gasteiger partial charge in [-0.15, -0.1) is 0 Å². The van der Waals surface area contributed by atoms with Crippen LogP contribution in [0.25, 0.3) is 0 Å². The van der Waals surface area contributed by atoms with E-state index in [1.807, 2.05) is 44.2 Å². The Bertz CT molecular complexity index is 796. The topological polar surface area (TPSA) is 78.4 Å². The molecule has 0 bridgehead atoms. The number of carbonyl (C=O) groups is 2. The molecule has 0 radical (unpaired) electrons. The Hall–Kier alpha value is -2.76. The molecule has 142 valence electrons. The number of aliphatic hydroxyl groups is 1. The van der Waals surface area contributed by atoms with E-state index in [4.69, 9.17) is 0 Å². The Morgan fingerprint density at radius 1 is 1.07 bits per heavy atom. The summed E-state index contributed by atoms with van der Waals surface area (Å²) in [6.45, 7) is 4.11. The molecule has 0 heterocycles. The van der Waals surface area contributed by atoms with Gasteiger partial charge in [0.25, 0.3) is 0 Å². The minimum Gasteiger partial charge on any atom is -0.394 e. The monoisotopic (exact) mass is 366 g/mol. The fraction of sp³-hybridized carbons (Fsp3) is 0.273. The average molecular weight is 366 g/mol. The maximum absolute atomic E-state index is 12.4. The zero-order valence-electron chi connectivity index (χ0n) is 15.7. The summed E-state index contributed by atoms with van der Waals surface area (Å²) in [5.74, 6) is -0.236. The molecule has 3 N–H and O–H groups in total. The van der Waals surface area contributed by atoms with E-state index in [1.54, 1.807) is 24.3 Å². The number of Topliss-reactive ketones (excluding diaryl/α,β-unsaturated/α-hetero) is 1. The summed E-state index contributed by atoms with van der Waals surface area (Å²) in [6.07, 6.45) is 1.81. The van der Waals surface area contributed by atoms with Crippen molar-refractivity contribution in [2.24, 2.45) is 0 Å². The number of amides is 1. The molecule has 27 heavy (non-hydrogen) atoms. The molecule has 5 nitrogen and oxygen atoms in total. The predicted molar refractivity (Wildman–Crippen MR) is 108 cm³/mol. The molecule has 0 spiro atoms. The van der Waals surface area contributed by atoms with Gasteiger partial charge < -0.3 is 15.7 Å². The molecule has 2 aromatic rings. The van der Waals surface area contributed by atoms with Gasteiger partial charge in [-0.3, -0.25) is 9.59 Å². The first-order chi connectivity index (χ1) is 13.0. The Morgan fingerprint density at radius 3 is 2.48 bits per heavy atom. The SMILES string of the molecule is CC(C)=CC(=O)Nc1cccc(C(=O)CCNC(CO)c2ccccc2)c1. The van der Waals surface area contributed by atoms with Gasteiger partial charge in [0.05, 0.1) is 12.6 Å². The van der Waals surface area contributed by atoms with E-state index >= 15 is 0 Å². The third-order valence-corrected chi connectivity index (χ3v) is 4.00. The van der Waals surface area contributed by atoms with Gasteiger partial charge in [0, 0.05) is 30.3 Å². The molecule has 2 rings (SSSR count). The summed E-state index contributed by atoms with van der Waals surface area (Å²) < 4.78 is 0. The lowest BCUT2D eigenvalue weighted by molar-refractivity contribution is -0.111. The summed E-state index contributed by atoms with van der Waals surface area (Å²) in [4.78, 5) is 24.3. The molecule has 1 unspecified atom stereocenters. The summed E-state index contributed by atoms with van der Waals surface area (Å²) in [5.41, 5.74) is 3.03. The number of rotatable bonds is 9. The number of allylic oxidation sites excluding steroid dienone is 1. The second-order valence-electron chi connectivity index (χ2n) is 6.56.